The lowest BCUT2D eigenvalue weighted by Gasteiger charge is -2.20. The van der Waals surface area contributed by atoms with Crippen molar-refractivity contribution in [3.63, 3.8) is 0 Å². The maximum absolute atomic E-state index is 11.9. The van der Waals surface area contributed by atoms with E-state index in [9.17, 15) is 9.59 Å². The van der Waals surface area contributed by atoms with Gasteiger partial charge in [-0.25, -0.2) is 0 Å². The van der Waals surface area contributed by atoms with Crippen LogP contribution in [0.4, 0.5) is 0 Å². The molecule has 1 rings (SSSR count). The summed E-state index contributed by atoms with van der Waals surface area (Å²) in [5.74, 6) is -0.171. The van der Waals surface area contributed by atoms with E-state index < -0.39 is 0 Å². The van der Waals surface area contributed by atoms with Crippen LogP contribution >= 0.6 is 11.6 Å². The fourth-order valence-electron chi connectivity index (χ4n) is 2.17. The first-order valence-corrected chi connectivity index (χ1v) is 8.17. The van der Waals surface area contributed by atoms with Gasteiger partial charge < -0.3 is 10.2 Å². The van der Waals surface area contributed by atoms with E-state index in [1.54, 1.807) is 4.90 Å². The Labute approximate surface area is 137 Å². The Morgan fingerprint density at radius 3 is 2.68 bits per heavy atom. The zero-order valence-corrected chi connectivity index (χ0v) is 14.2. The highest BCUT2D eigenvalue weighted by molar-refractivity contribution is 6.30. The predicted molar refractivity (Wildman–Crippen MR) is 89.9 cm³/mol. The van der Waals surface area contributed by atoms with Crippen molar-refractivity contribution in [2.45, 2.75) is 39.5 Å². The van der Waals surface area contributed by atoms with Gasteiger partial charge in [0.2, 0.25) is 11.8 Å². The molecule has 2 amide bonds. The third-order valence-corrected chi connectivity index (χ3v) is 3.67. The van der Waals surface area contributed by atoms with Crippen molar-refractivity contribution in [3.05, 3.63) is 34.9 Å². The van der Waals surface area contributed by atoms with Crippen LogP contribution < -0.4 is 5.32 Å². The van der Waals surface area contributed by atoms with Gasteiger partial charge in [0.15, 0.2) is 0 Å². The molecule has 1 aromatic rings. The fourth-order valence-corrected chi connectivity index (χ4v) is 2.38. The number of amides is 2. The van der Waals surface area contributed by atoms with E-state index in [-0.39, 0.29) is 18.4 Å². The van der Waals surface area contributed by atoms with Crippen LogP contribution in [0.3, 0.4) is 0 Å². The minimum Gasteiger partial charge on any atom is -0.354 e. The second-order valence-corrected chi connectivity index (χ2v) is 5.81. The van der Waals surface area contributed by atoms with Gasteiger partial charge in [0, 0.05) is 25.0 Å². The molecule has 0 bridgehead atoms. The molecule has 0 aliphatic carbocycles. The van der Waals surface area contributed by atoms with Gasteiger partial charge in [-0.05, 0) is 30.5 Å². The van der Waals surface area contributed by atoms with E-state index in [1.165, 1.54) is 6.92 Å². The van der Waals surface area contributed by atoms with Gasteiger partial charge in [0.25, 0.3) is 0 Å². The molecule has 0 spiro atoms. The molecule has 22 heavy (non-hydrogen) atoms. The number of nitrogens with zero attached hydrogens (tertiary/aromatic N) is 1. The summed E-state index contributed by atoms with van der Waals surface area (Å²) < 4.78 is 0. The lowest BCUT2D eigenvalue weighted by molar-refractivity contribution is -0.134. The van der Waals surface area contributed by atoms with Crippen molar-refractivity contribution in [2.24, 2.45) is 0 Å². The molecule has 0 heterocycles. The van der Waals surface area contributed by atoms with Gasteiger partial charge in [-0.2, -0.15) is 0 Å². The number of nitrogens with one attached hydrogen (secondary N) is 1. The number of carbonyl (C=O) groups is 2. The van der Waals surface area contributed by atoms with E-state index in [1.807, 2.05) is 24.3 Å². The Morgan fingerprint density at radius 1 is 1.27 bits per heavy atom. The summed E-state index contributed by atoms with van der Waals surface area (Å²) in [5, 5.41) is 3.55. The molecule has 0 atom stereocenters. The van der Waals surface area contributed by atoms with E-state index in [2.05, 4.69) is 12.2 Å². The minimum absolute atomic E-state index is 0.0545. The lowest BCUT2D eigenvalue weighted by atomic mass is 10.1. The van der Waals surface area contributed by atoms with Crippen molar-refractivity contribution in [3.8, 4) is 0 Å². The first-order chi connectivity index (χ1) is 10.5. The van der Waals surface area contributed by atoms with Gasteiger partial charge in [-0.15, -0.1) is 0 Å². The molecule has 0 aliphatic rings. The highest BCUT2D eigenvalue weighted by atomic mass is 35.5. The van der Waals surface area contributed by atoms with Crippen molar-refractivity contribution in [1.82, 2.24) is 10.2 Å². The highest BCUT2D eigenvalue weighted by Crippen LogP contribution is 2.10. The summed E-state index contributed by atoms with van der Waals surface area (Å²) >= 11 is 5.92. The van der Waals surface area contributed by atoms with Crippen LogP contribution in [0, 0.1) is 0 Å². The average molecular weight is 325 g/mol. The molecule has 0 aromatic heterocycles. The topological polar surface area (TPSA) is 49.4 Å². The summed E-state index contributed by atoms with van der Waals surface area (Å²) in [6, 6.07) is 7.58. The molecule has 0 unspecified atom stereocenters. The summed E-state index contributed by atoms with van der Waals surface area (Å²) in [7, 11) is 0. The number of hydrogen-bond donors (Lipinski definition) is 1. The number of benzene rings is 1. The van der Waals surface area contributed by atoms with Crippen LogP contribution in [0.15, 0.2) is 24.3 Å². The highest BCUT2D eigenvalue weighted by Gasteiger charge is 2.12. The van der Waals surface area contributed by atoms with Crippen LogP contribution in [-0.4, -0.2) is 36.3 Å². The number of hydrogen-bond acceptors (Lipinski definition) is 2. The van der Waals surface area contributed by atoms with Gasteiger partial charge in [0.1, 0.15) is 0 Å². The van der Waals surface area contributed by atoms with Crippen LogP contribution in [0.5, 0.6) is 0 Å². The van der Waals surface area contributed by atoms with Crippen LogP contribution in [-0.2, 0) is 16.0 Å². The van der Waals surface area contributed by atoms with Crippen molar-refractivity contribution < 1.29 is 9.59 Å². The van der Waals surface area contributed by atoms with Gasteiger partial charge in [-0.1, -0.05) is 43.5 Å². The van der Waals surface area contributed by atoms with E-state index in [4.69, 9.17) is 11.6 Å². The molecule has 0 saturated heterocycles. The monoisotopic (exact) mass is 324 g/mol. The molecular formula is C17H25ClN2O2. The number of carbonyl (C=O) groups excluding carboxylic acids is 2. The maximum atomic E-state index is 11.9. The number of halogens is 1. The SMILES string of the molecule is CCCCCN(CC(=O)NCCc1cccc(Cl)c1)C(C)=O. The zero-order valence-electron chi connectivity index (χ0n) is 13.4. The second-order valence-electron chi connectivity index (χ2n) is 5.38. The Hall–Kier alpha value is -1.55. The molecule has 122 valence electrons. The summed E-state index contributed by atoms with van der Waals surface area (Å²) in [6.07, 6.45) is 3.83. The fraction of sp³-hybridized carbons (Fsp3) is 0.529. The largest absolute Gasteiger partial charge is 0.354 e. The molecule has 1 aromatic carbocycles. The Bertz CT molecular complexity index is 491. The van der Waals surface area contributed by atoms with E-state index >= 15 is 0 Å². The second kappa shape index (κ2) is 10.2. The normalized spacial score (nSPS) is 10.3. The molecule has 4 nitrogen and oxygen atoms in total. The summed E-state index contributed by atoms with van der Waals surface area (Å²) in [4.78, 5) is 25.1. The van der Waals surface area contributed by atoms with Crippen LogP contribution in [0.25, 0.3) is 0 Å². The number of rotatable bonds is 9. The van der Waals surface area contributed by atoms with Crippen molar-refractivity contribution in [1.29, 1.82) is 0 Å². The average Bonchev–Trinajstić information content (AvgIpc) is 2.46. The lowest BCUT2D eigenvalue weighted by Crippen LogP contribution is -2.40. The molecule has 0 saturated carbocycles. The van der Waals surface area contributed by atoms with E-state index in [0.717, 1.165) is 31.2 Å². The molecular weight excluding hydrogens is 300 g/mol. The Morgan fingerprint density at radius 2 is 2.05 bits per heavy atom. The Kier molecular flexibility index (Phi) is 8.60. The Balaban J connectivity index is 2.32. The molecule has 5 heteroatoms. The first-order valence-electron chi connectivity index (χ1n) is 7.79. The number of unbranched alkanes of at least 4 members (excludes halogenated alkanes) is 2. The quantitative estimate of drug-likeness (QED) is 0.710. The standard InChI is InChI=1S/C17H25ClN2O2/c1-3-4-5-11-20(14(2)21)13-17(22)19-10-9-15-7-6-8-16(18)12-15/h6-8,12H,3-5,9-11,13H2,1-2H3,(H,19,22). The van der Waals surface area contributed by atoms with Gasteiger partial charge in [0.05, 0.1) is 6.54 Å². The maximum Gasteiger partial charge on any atom is 0.239 e. The van der Waals surface area contributed by atoms with Gasteiger partial charge in [-0.3, -0.25) is 9.59 Å². The molecule has 0 radical (unpaired) electrons. The third-order valence-electron chi connectivity index (χ3n) is 3.44. The first kappa shape index (κ1) is 18.5. The third kappa shape index (κ3) is 7.46. The van der Waals surface area contributed by atoms with Crippen LogP contribution in [0.2, 0.25) is 5.02 Å². The summed E-state index contributed by atoms with van der Waals surface area (Å²) in [6.45, 7) is 4.94. The van der Waals surface area contributed by atoms with Crippen LogP contribution in [0.1, 0.15) is 38.7 Å². The molecule has 0 fully saturated rings. The van der Waals surface area contributed by atoms with Crippen molar-refractivity contribution >= 4 is 23.4 Å². The van der Waals surface area contributed by atoms with Crippen molar-refractivity contribution in [2.75, 3.05) is 19.6 Å². The minimum atomic E-state index is -0.117. The van der Waals surface area contributed by atoms with E-state index in [0.29, 0.717) is 18.1 Å². The molecule has 1 N–H and O–H groups in total. The predicted octanol–water partition coefficient (Wildman–Crippen LogP) is 3.04. The summed E-state index contributed by atoms with van der Waals surface area (Å²) in [5.41, 5.74) is 1.08. The van der Waals surface area contributed by atoms with Gasteiger partial charge >= 0.3 is 0 Å². The zero-order chi connectivity index (χ0) is 16.4. The smallest absolute Gasteiger partial charge is 0.239 e. The molecule has 0 aliphatic heterocycles.